The fourth-order valence-corrected chi connectivity index (χ4v) is 1.86. The van der Waals surface area contributed by atoms with E-state index in [1.165, 1.54) is 12.1 Å². The third-order valence-electron chi connectivity index (χ3n) is 2.59. The first kappa shape index (κ1) is 13.7. The maximum absolute atomic E-state index is 13.3. The number of amides is 1. The largest absolute Gasteiger partial charge is 0.319 e. The van der Waals surface area contributed by atoms with Gasteiger partial charge in [0, 0.05) is 12.1 Å². The lowest BCUT2D eigenvalue weighted by Crippen LogP contribution is -2.14. The smallest absolute Gasteiger partial charge is 0.295 e. The van der Waals surface area contributed by atoms with Gasteiger partial charge in [0.25, 0.3) is 5.91 Å². The SMILES string of the molecule is CCc1nc(C(=O)Nc2cc(Br)c(F)cc2C)n[nH]1. The van der Waals surface area contributed by atoms with Crippen LogP contribution in [0.2, 0.25) is 0 Å². The van der Waals surface area contributed by atoms with Crippen molar-refractivity contribution in [2.75, 3.05) is 5.32 Å². The second kappa shape index (κ2) is 5.48. The zero-order valence-corrected chi connectivity index (χ0v) is 12.0. The van der Waals surface area contributed by atoms with Crippen molar-refractivity contribution in [2.24, 2.45) is 0 Å². The lowest BCUT2D eigenvalue weighted by Gasteiger charge is -2.07. The molecule has 0 atom stereocenters. The van der Waals surface area contributed by atoms with Gasteiger partial charge in [0.05, 0.1) is 4.47 Å². The van der Waals surface area contributed by atoms with E-state index in [4.69, 9.17) is 0 Å². The highest BCUT2D eigenvalue weighted by Crippen LogP contribution is 2.24. The normalized spacial score (nSPS) is 10.5. The Morgan fingerprint density at radius 1 is 1.53 bits per heavy atom. The molecule has 2 aromatic rings. The van der Waals surface area contributed by atoms with Crippen LogP contribution in [0.15, 0.2) is 16.6 Å². The molecule has 0 spiro atoms. The van der Waals surface area contributed by atoms with Gasteiger partial charge in [0.1, 0.15) is 11.6 Å². The van der Waals surface area contributed by atoms with Crippen molar-refractivity contribution in [2.45, 2.75) is 20.3 Å². The zero-order chi connectivity index (χ0) is 14.0. The summed E-state index contributed by atoms with van der Waals surface area (Å²) in [7, 11) is 0. The number of anilines is 1. The third-order valence-corrected chi connectivity index (χ3v) is 3.19. The molecular weight excluding hydrogens is 315 g/mol. The van der Waals surface area contributed by atoms with Gasteiger partial charge in [-0.3, -0.25) is 9.89 Å². The van der Waals surface area contributed by atoms with Gasteiger partial charge in [0.2, 0.25) is 5.82 Å². The molecule has 2 N–H and O–H groups in total. The minimum atomic E-state index is -0.433. The van der Waals surface area contributed by atoms with Crippen LogP contribution < -0.4 is 5.32 Å². The van der Waals surface area contributed by atoms with E-state index in [0.29, 0.717) is 23.5 Å². The van der Waals surface area contributed by atoms with Gasteiger partial charge < -0.3 is 5.32 Å². The summed E-state index contributed by atoms with van der Waals surface area (Å²) in [5, 5.41) is 9.14. The molecule has 0 bridgehead atoms. The van der Waals surface area contributed by atoms with Gasteiger partial charge in [-0.2, -0.15) is 0 Å². The number of benzene rings is 1. The lowest BCUT2D eigenvalue weighted by molar-refractivity contribution is 0.101. The molecule has 1 heterocycles. The average Bonchev–Trinajstić information content (AvgIpc) is 2.84. The van der Waals surface area contributed by atoms with Crippen molar-refractivity contribution < 1.29 is 9.18 Å². The summed E-state index contributed by atoms with van der Waals surface area (Å²) in [6.07, 6.45) is 0.668. The van der Waals surface area contributed by atoms with Crippen LogP contribution in [0, 0.1) is 12.7 Å². The Labute approximate surface area is 117 Å². The quantitative estimate of drug-likeness (QED) is 0.911. The summed E-state index contributed by atoms with van der Waals surface area (Å²) >= 11 is 3.08. The third kappa shape index (κ3) is 2.98. The summed E-state index contributed by atoms with van der Waals surface area (Å²) < 4.78 is 13.6. The van der Waals surface area contributed by atoms with E-state index in [9.17, 15) is 9.18 Å². The Hall–Kier alpha value is -1.76. The Kier molecular flexibility index (Phi) is 3.94. The number of hydrogen-bond donors (Lipinski definition) is 2. The van der Waals surface area contributed by atoms with Crippen molar-refractivity contribution in [1.82, 2.24) is 15.2 Å². The first-order chi connectivity index (χ1) is 9.01. The summed E-state index contributed by atoms with van der Waals surface area (Å²) in [5.41, 5.74) is 1.14. The number of nitrogens with zero attached hydrogens (tertiary/aromatic N) is 2. The van der Waals surface area contributed by atoms with E-state index >= 15 is 0 Å². The molecule has 0 unspecified atom stereocenters. The van der Waals surface area contributed by atoms with E-state index < -0.39 is 5.91 Å². The van der Waals surface area contributed by atoms with E-state index in [-0.39, 0.29) is 16.1 Å². The minimum Gasteiger partial charge on any atom is -0.319 e. The molecule has 100 valence electrons. The molecule has 0 saturated heterocycles. The van der Waals surface area contributed by atoms with Crippen LogP contribution in [-0.2, 0) is 6.42 Å². The van der Waals surface area contributed by atoms with E-state index in [0.717, 1.165) is 0 Å². The Bertz CT molecular complexity index is 626. The van der Waals surface area contributed by atoms with Crippen molar-refractivity contribution in [3.63, 3.8) is 0 Å². The second-order valence-corrected chi connectivity index (χ2v) is 4.85. The van der Waals surface area contributed by atoms with E-state index in [2.05, 4.69) is 36.4 Å². The lowest BCUT2D eigenvalue weighted by atomic mass is 10.2. The van der Waals surface area contributed by atoms with Gasteiger partial charge in [-0.05, 0) is 40.5 Å². The highest BCUT2D eigenvalue weighted by molar-refractivity contribution is 9.10. The number of carbonyl (C=O) groups is 1. The fraction of sp³-hybridized carbons (Fsp3) is 0.250. The number of hydrogen-bond acceptors (Lipinski definition) is 3. The van der Waals surface area contributed by atoms with Gasteiger partial charge >= 0.3 is 0 Å². The minimum absolute atomic E-state index is 0.0664. The Morgan fingerprint density at radius 2 is 2.26 bits per heavy atom. The standard InChI is InChI=1S/C12H12BrFN4O/c1-3-10-16-11(18-17-10)12(19)15-9-5-7(13)8(14)4-6(9)2/h4-5H,3H2,1-2H3,(H,15,19)(H,16,17,18). The van der Waals surface area contributed by atoms with E-state index in [1.807, 2.05) is 6.92 Å². The number of aryl methyl sites for hydroxylation is 2. The Balaban J connectivity index is 2.21. The van der Waals surface area contributed by atoms with Gasteiger partial charge in [-0.15, -0.1) is 5.10 Å². The summed E-state index contributed by atoms with van der Waals surface area (Å²) in [6, 6.07) is 2.85. The maximum atomic E-state index is 13.3. The van der Waals surface area contributed by atoms with Gasteiger partial charge in [0.15, 0.2) is 0 Å². The van der Waals surface area contributed by atoms with Gasteiger partial charge in [-0.1, -0.05) is 6.92 Å². The molecule has 5 nitrogen and oxygen atoms in total. The molecule has 1 amide bonds. The molecule has 0 radical (unpaired) electrons. The molecule has 19 heavy (non-hydrogen) atoms. The van der Waals surface area contributed by atoms with Crippen LogP contribution >= 0.6 is 15.9 Å². The van der Waals surface area contributed by atoms with Crippen LogP contribution in [0.25, 0.3) is 0 Å². The topological polar surface area (TPSA) is 70.7 Å². The molecule has 7 heteroatoms. The average molecular weight is 327 g/mol. The number of aromatic amines is 1. The summed E-state index contributed by atoms with van der Waals surface area (Å²) in [6.45, 7) is 3.62. The molecule has 1 aromatic carbocycles. The summed E-state index contributed by atoms with van der Waals surface area (Å²) in [5.74, 6) is -0.0990. The van der Waals surface area contributed by atoms with Crippen molar-refractivity contribution in [3.8, 4) is 0 Å². The molecule has 0 fully saturated rings. The highest BCUT2D eigenvalue weighted by Gasteiger charge is 2.14. The van der Waals surface area contributed by atoms with Crippen LogP contribution in [-0.4, -0.2) is 21.1 Å². The first-order valence-electron chi connectivity index (χ1n) is 5.69. The summed E-state index contributed by atoms with van der Waals surface area (Å²) in [4.78, 5) is 16.0. The predicted molar refractivity (Wildman–Crippen MR) is 72.6 cm³/mol. The number of rotatable bonds is 3. The zero-order valence-electron chi connectivity index (χ0n) is 10.4. The molecule has 1 aromatic heterocycles. The second-order valence-electron chi connectivity index (χ2n) is 3.99. The number of halogens is 2. The first-order valence-corrected chi connectivity index (χ1v) is 6.48. The number of H-pyrrole nitrogens is 1. The molecule has 2 rings (SSSR count). The van der Waals surface area contributed by atoms with Crippen LogP contribution in [0.1, 0.15) is 28.9 Å². The van der Waals surface area contributed by atoms with Crippen molar-refractivity contribution in [1.29, 1.82) is 0 Å². The number of nitrogens with one attached hydrogen (secondary N) is 2. The van der Waals surface area contributed by atoms with Crippen LogP contribution in [0.5, 0.6) is 0 Å². The molecule has 0 aliphatic rings. The predicted octanol–water partition coefficient (Wildman–Crippen LogP) is 2.83. The number of aromatic nitrogens is 3. The Morgan fingerprint density at radius 3 is 2.89 bits per heavy atom. The van der Waals surface area contributed by atoms with Crippen molar-refractivity contribution in [3.05, 3.63) is 39.6 Å². The van der Waals surface area contributed by atoms with Crippen LogP contribution in [0.4, 0.5) is 10.1 Å². The fourth-order valence-electron chi connectivity index (χ4n) is 1.51. The van der Waals surface area contributed by atoms with Gasteiger partial charge in [-0.25, -0.2) is 9.37 Å². The molecule has 0 aliphatic carbocycles. The van der Waals surface area contributed by atoms with Crippen molar-refractivity contribution >= 4 is 27.5 Å². The molecule has 0 saturated carbocycles. The molecule has 0 aliphatic heterocycles. The van der Waals surface area contributed by atoms with Crippen LogP contribution in [0.3, 0.4) is 0 Å². The number of carbonyl (C=O) groups excluding carboxylic acids is 1. The highest BCUT2D eigenvalue weighted by atomic mass is 79.9. The van der Waals surface area contributed by atoms with E-state index in [1.54, 1.807) is 6.92 Å². The monoisotopic (exact) mass is 326 g/mol. The maximum Gasteiger partial charge on any atom is 0.295 e. The molecular formula is C12H12BrFN4O.